The fourth-order valence-corrected chi connectivity index (χ4v) is 8.85. The number of ketones is 1. The maximum absolute atomic E-state index is 13.4. The second kappa shape index (κ2) is 14.8. The number of carbonyl (C=O) groups is 2. The van der Waals surface area contributed by atoms with Crippen LogP contribution >= 0.6 is 0 Å². The van der Waals surface area contributed by atoms with E-state index in [1.54, 1.807) is 0 Å². The van der Waals surface area contributed by atoms with E-state index in [0.717, 1.165) is 12.8 Å². The molecule has 2 saturated carbocycles. The van der Waals surface area contributed by atoms with Gasteiger partial charge in [-0.2, -0.15) is 0 Å². The van der Waals surface area contributed by atoms with Crippen LogP contribution in [0.1, 0.15) is 119 Å². The van der Waals surface area contributed by atoms with Gasteiger partial charge in [-0.3, -0.25) is 9.59 Å². The number of allylic oxidation sites excluding steroid dienone is 2. The van der Waals surface area contributed by atoms with Crippen molar-refractivity contribution in [3.05, 3.63) is 24.3 Å². The lowest BCUT2D eigenvalue weighted by Crippen LogP contribution is -2.51. The summed E-state index contributed by atoms with van der Waals surface area (Å²) in [5.74, 6) is -0.519. The fraction of sp³-hybridized carbons (Fsp3) is 0.829. The van der Waals surface area contributed by atoms with Crippen LogP contribution in [0.2, 0.25) is 36.3 Å². The molecule has 0 aliphatic heterocycles. The lowest BCUT2D eigenvalue weighted by Gasteiger charge is -2.51. The van der Waals surface area contributed by atoms with Crippen molar-refractivity contribution in [2.75, 3.05) is 0 Å². The first-order valence-corrected chi connectivity index (χ1v) is 22.5. The summed E-state index contributed by atoms with van der Waals surface area (Å²) in [4.78, 5) is 24.3. The monoisotopic (exact) mass is 620 g/mol. The lowest BCUT2D eigenvalue weighted by atomic mass is 9.62. The molecular formula is C35H64O5Si2. The van der Waals surface area contributed by atoms with Gasteiger partial charge in [-0.1, -0.05) is 85.6 Å². The molecule has 0 spiro atoms. The fourth-order valence-electron chi connectivity index (χ4n) is 6.09. The van der Waals surface area contributed by atoms with Crippen molar-refractivity contribution < 1.29 is 23.5 Å². The van der Waals surface area contributed by atoms with Gasteiger partial charge in [0.2, 0.25) is 0 Å². The van der Waals surface area contributed by atoms with Gasteiger partial charge in [-0.05, 0) is 86.6 Å². The Morgan fingerprint density at radius 2 is 1.64 bits per heavy atom. The van der Waals surface area contributed by atoms with Crippen molar-refractivity contribution >= 4 is 28.4 Å². The first kappa shape index (κ1) is 37.2. The molecule has 2 aliphatic rings. The third kappa shape index (κ3) is 9.74. The summed E-state index contributed by atoms with van der Waals surface area (Å²) in [6, 6.07) is 0. The molecule has 0 aromatic heterocycles. The minimum Gasteiger partial charge on any atom is -0.481 e. The van der Waals surface area contributed by atoms with E-state index < -0.39 is 22.6 Å². The minimum atomic E-state index is -2.06. The van der Waals surface area contributed by atoms with Crippen molar-refractivity contribution in [3.63, 3.8) is 0 Å². The highest BCUT2D eigenvalue weighted by atomic mass is 28.4. The summed E-state index contributed by atoms with van der Waals surface area (Å²) >= 11 is 0. The quantitative estimate of drug-likeness (QED) is 0.106. The van der Waals surface area contributed by atoms with Crippen LogP contribution in [0, 0.1) is 17.3 Å². The van der Waals surface area contributed by atoms with Gasteiger partial charge in [0, 0.05) is 24.7 Å². The number of carboxylic acid groups (broad SMARTS) is 1. The van der Waals surface area contributed by atoms with Gasteiger partial charge in [0.05, 0.1) is 12.2 Å². The van der Waals surface area contributed by atoms with Gasteiger partial charge in [0.1, 0.15) is 5.78 Å². The molecule has 0 radical (unpaired) electrons. The molecule has 2 aliphatic carbocycles. The molecule has 42 heavy (non-hydrogen) atoms. The maximum Gasteiger partial charge on any atom is 0.303 e. The molecule has 0 amide bonds. The molecule has 2 rings (SSSR count). The highest BCUT2D eigenvalue weighted by Gasteiger charge is 2.49. The van der Waals surface area contributed by atoms with E-state index in [1.165, 1.54) is 32.1 Å². The summed E-state index contributed by atoms with van der Waals surface area (Å²) < 4.78 is 14.1. The largest absolute Gasteiger partial charge is 0.481 e. The van der Waals surface area contributed by atoms with Crippen LogP contribution in [0.4, 0.5) is 0 Å². The van der Waals surface area contributed by atoms with Gasteiger partial charge < -0.3 is 14.0 Å². The molecule has 7 heteroatoms. The molecule has 242 valence electrons. The number of aliphatic carboxylic acids is 1. The smallest absolute Gasteiger partial charge is 0.303 e. The Morgan fingerprint density at radius 1 is 1.02 bits per heavy atom. The zero-order valence-corrected chi connectivity index (χ0v) is 31.0. The van der Waals surface area contributed by atoms with E-state index in [2.05, 4.69) is 92.9 Å². The van der Waals surface area contributed by atoms with Crippen molar-refractivity contribution in [3.8, 4) is 0 Å². The van der Waals surface area contributed by atoms with E-state index in [4.69, 9.17) is 14.0 Å². The predicted octanol–water partition coefficient (Wildman–Crippen LogP) is 10.1. The standard InChI is InChI=1S/C35H64O5Si2/c1-12-23-35(24-18-25-35)31(40-42(10,11)34(5,6)7)21-17-20-28-27(19-15-13-14-16-22-32(37)38)29(36)26-30(28)39-41(8,9)33(2,3)4/h13,15,17,20,27-28,30-31H,12,14,16,18-19,21-26H2,1-11H3,(H,37,38)/b15-13-,20-17+/t27-,28-,30-,31?/m1/s1. The van der Waals surface area contributed by atoms with Crippen molar-refractivity contribution in [1.29, 1.82) is 0 Å². The molecular weight excluding hydrogens is 557 g/mol. The van der Waals surface area contributed by atoms with Crippen LogP contribution < -0.4 is 0 Å². The maximum atomic E-state index is 13.4. The second-order valence-electron chi connectivity index (χ2n) is 16.3. The van der Waals surface area contributed by atoms with Crippen LogP contribution in [0.3, 0.4) is 0 Å². The molecule has 0 bridgehead atoms. The van der Waals surface area contributed by atoms with E-state index in [9.17, 15) is 9.59 Å². The summed E-state index contributed by atoms with van der Waals surface area (Å²) in [5, 5.41) is 9.16. The van der Waals surface area contributed by atoms with Crippen LogP contribution in [0.15, 0.2) is 24.3 Å². The number of carbonyl (C=O) groups excluding carboxylic acids is 1. The summed E-state index contributed by atoms with van der Waals surface area (Å²) in [5.41, 5.74) is 0.273. The number of unbranched alkanes of at least 4 members (excludes halogenated alkanes) is 1. The third-order valence-corrected chi connectivity index (χ3v) is 20.0. The predicted molar refractivity (Wildman–Crippen MR) is 181 cm³/mol. The topological polar surface area (TPSA) is 72.8 Å². The average molecular weight is 621 g/mol. The Bertz CT molecular complexity index is 949. The third-order valence-electron chi connectivity index (χ3n) is 11.0. The molecule has 5 nitrogen and oxygen atoms in total. The first-order chi connectivity index (χ1) is 19.3. The van der Waals surface area contributed by atoms with Gasteiger partial charge >= 0.3 is 5.97 Å². The second-order valence-corrected chi connectivity index (χ2v) is 25.8. The molecule has 0 heterocycles. The van der Waals surface area contributed by atoms with Crippen LogP contribution in [0.5, 0.6) is 0 Å². The lowest BCUT2D eigenvalue weighted by molar-refractivity contribution is -0.137. The zero-order valence-electron chi connectivity index (χ0n) is 29.0. The highest BCUT2D eigenvalue weighted by Crippen LogP contribution is 2.52. The number of hydrogen-bond donors (Lipinski definition) is 1. The Labute approximate surface area is 260 Å². The Kier molecular flexibility index (Phi) is 13.1. The van der Waals surface area contributed by atoms with E-state index in [-0.39, 0.29) is 46.0 Å². The number of hydrogen-bond acceptors (Lipinski definition) is 4. The van der Waals surface area contributed by atoms with Gasteiger partial charge in [-0.25, -0.2) is 0 Å². The van der Waals surface area contributed by atoms with Crippen molar-refractivity contribution in [2.45, 2.75) is 168 Å². The van der Waals surface area contributed by atoms with E-state index in [0.29, 0.717) is 25.0 Å². The zero-order chi connectivity index (χ0) is 32.0. The summed E-state index contributed by atoms with van der Waals surface area (Å²) in [6.45, 7) is 25.4. The Balaban J connectivity index is 2.31. The highest BCUT2D eigenvalue weighted by molar-refractivity contribution is 6.74. The molecule has 2 fully saturated rings. The summed E-state index contributed by atoms with van der Waals surface area (Å²) in [7, 11) is -4.01. The Hall–Kier alpha value is -1.03. The van der Waals surface area contributed by atoms with Crippen LogP contribution in [0.25, 0.3) is 0 Å². The molecule has 1 N–H and O–H groups in total. The normalized spacial score (nSPS) is 24.5. The Morgan fingerprint density at radius 3 is 2.14 bits per heavy atom. The van der Waals surface area contributed by atoms with Gasteiger partial charge in [-0.15, -0.1) is 0 Å². The summed E-state index contributed by atoms with van der Waals surface area (Å²) in [6.07, 6.45) is 18.7. The molecule has 0 aromatic carbocycles. The first-order valence-electron chi connectivity index (χ1n) is 16.7. The van der Waals surface area contributed by atoms with Crippen molar-refractivity contribution in [1.82, 2.24) is 0 Å². The van der Waals surface area contributed by atoms with Crippen molar-refractivity contribution in [2.24, 2.45) is 17.3 Å². The van der Waals surface area contributed by atoms with E-state index >= 15 is 0 Å². The van der Waals surface area contributed by atoms with E-state index in [1.807, 2.05) is 6.08 Å². The average Bonchev–Trinajstić information content (AvgIpc) is 3.09. The van der Waals surface area contributed by atoms with Gasteiger partial charge in [0.25, 0.3) is 0 Å². The number of carboxylic acids is 1. The molecule has 4 atom stereocenters. The van der Waals surface area contributed by atoms with Gasteiger partial charge in [0.15, 0.2) is 16.6 Å². The minimum absolute atomic E-state index is 0.0485. The SMILES string of the molecule is CCCC1(C(C/C=C/[C@H]2[C@H](O[Si](C)(C)C(C)(C)C)CC(=O)[C@@H]2C/C=C\CCCC(=O)O)O[Si](C)(C)C(C)(C)C)CCC1. The molecule has 1 unspecified atom stereocenters. The van der Waals surface area contributed by atoms with Crippen LogP contribution in [-0.2, 0) is 18.4 Å². The number of rotatable bonds is 16. The number of Topliss-reactive ketones (excluding diaryl/α,β-unsaturated/α-hetero) is 1. The molecule has 0 saturated heterocycles. The molecule has 0 aromatic rings. The van der Waals surface area contributed by atoms with Crippen LogP contribution in [-0.4, -0.2) is 45.7 Å².